The average molecular weight is 458 g/mol. The molecule has 9 heteroatoms. The summed E-state index contributed by atoms with van der Waals surface area (Å²) >= 11 is 0. The van der Waals surface area contributed by atoms with Crippen LogP contribution in [0, 0.1) is 11.7 Å². The molecule has 0 bridgehead atoms. The van der Waals surface area contributed by atoms with Gasteiger partial charge in [0, 0.05) is 55.4 Å². The fourth-order valence-corrected chi connectivity index (χ4v) is 5.69. The van der Waals surface area contributed by atoms with Gasteiger partial charge in [0.15, 0.2) is 0 Å². The second kappa shape index (κ2) is 7.39. The van der Waals surface area contributed by atoms with Crippen LogP contribution in [0.15, 0.2) is 36.7 Å². The van der Waals surface area contributed by atoms with Crippen LogP contribution >= 0.6 is 0 Å². The Morgan fingerprint density at radius 1 is 1.21 bits per heavy atom. The highest BCUT2D eigenvalue weighted by atomic mass is 19.1. The molecule has 2 aliphatic heterocycles. The van der Waals surface area contributed by atoms with Crippen molar-refractivity contribution in [2.24, 2.45) is 5.92 Å². The van der Waals surface area contributed by atoms with Crippen LogP contribution in [-0.2, 0) is 6.42 Å². The summed E-state index contributed by atoms with van der Waals surface area (Å²) < 4.78 is 20.7. The third-order valence-electron chi connectivity index (χ3n) is 7.29. The SMILES string of the molecule is CNc1cc(F)cc2c1Cc1nc(Oc3cnc4[nH]ccc4c3)nc(N3CC4CCNC4C3)c1-2. The van der Waals surface area contributed by atoms with Gasteiger partial charge in [0.25, 0.3) is 0 Å². The molecule has 172 valence electrons. The number of halogens is 1. The first kappa shape index (κ1) is 19.7. The number of aromatic amines is 1. The maximum Gasteiger partial charge on any atom is 0.324 e. The van der Waals surface area contributed by atoms with Gasteiger partial charge in [0.05, 0.1) is 11.9 Å². The third-order valence-corrected chi connectivity index (χ3v) is 7.29. The van der Waals surface area contributed by atoms with Crippen molar-refractivity contribution in [2.45, 2.75) is 18.9 Å². The first-order chi connectivity index (χ1) is 16.7. The van der Waals surface area contributed by atoms with Crippen LogP contribution in [0.25, 0.3) is 22.2 Å². The molecule has 2 saturated heterocycles. The van der Waals surface area contributed by atoms with Crippen LogP contribution in [0.3, 0.4) is 0 Å². The molecular formula is C25H24FN7O. The van der Waals surface area contributed by atoms with E-state index in [2.05, 4.69) is 25.5 Å². The Morgan fingerprint density at radius 2 is 2.15 bits per heavy atom. The van der Waals surface area contributed by atoms with E-state index in [0.29, 0.717) is 24.1 Å². The summed E-state index contributed by atoms with van der Waals surface area (Å²) in [5, 5.41) is 7.70. The molecule has 2 unspecified atom stereocenters. The Hall–Kier alpha value is -3.72. The summed E-state index contributed by atoms with van der Waals surface area (Å²) in [7, 11) is 1.82. The zero-order valence-corrected chi connectivity index (χ0v) is 18.7. The third kappa shape index (κ3) is 3.03. The molecule has 1 aromatic carbocycles. The second-order valence-corrected chi connectivity index (χ2v) is 9.26. The summed E-state index contributed by atoms with van der Waals surface area (Å²) in [4.78, 5) is 19.5. The van der Waals surface area contributed by atoms with E-state index < -0.39 is 0 Å². The molecule has 4 aromatic rings. The molecule has 0 amide bonds. The zero-order chi connectivity index (χ0) is 22.8. The standard InChI is InChI=1S/C25H24FN7O/c1-27-19-8-15(26)7-18-17(19)9-20-22(18)24(33-11-14-3-4-28-21(14)12-33)32-25(31-20)34-16-6-13-2-5-29-23(13)30-10-16/h2,5-8,10,14,21,27-28H,3-4,9,11-12H2,1H3,(H,29,30). The van der Waals surface area contributed by atoms with Gasteiger partial charge in [-0.1, -0.05) is 0 Å². The Bertz CT molecular complexity index is 1420. The molecule has 7 rings (SSSR count). The van der Waals surface area contributed by atoms with Crippen molar-refractivity contribution in [3.8, 4) is 22.9 Å². The number of anilines is 2. The van der Waals surface area contributed by atoms with Crippen molar-refractivity contribution in [1.82, 2.24) is 25.3 Å². The molecule has 3 aromatic heterocycles. The lowest BCUT2D eigenvalue weighted by molar-refractivity contribution is 0.439. The summed E-state index contributed by atoms with van der Waals surface area (Å²) in [6, 6.07) is 7.75. The minimum Gasteiger partial charge on any atom is -0.423 e. The monoisotopic (exact) mass is 457 g/mol. The predicted octanol–water partition coefficient (Wildman–Crippen LogP) is 3.70. The lowest BCUT2D eigenvalue weighted by Gasteiger charge is -2.22. The maximum atomic E-state index is 14.5. The molecule has 8 nitrogen and oxygen atoms in total. The number of rotatable bonds is 4. The van der Waals surface area contributed by atoms with E-state index in [1.807, 2.05) is 25.4 Å². The van der Waals surface area contributed by atoms with Gasteiger partial charge >= 0.3 is 6.01 Å². The van der Waals surface area contributed by atoms with E-state index in [-0.39, 0.29) is 11.8 Å². The quantitative estimate of drug-likeness (QED) is 0.379. The molecule has 3 aliphatic rings. The van der Waals surface area contributed by atoms with Crippen LogP contribution in [0.5, 0.6) is 11.8 Å². The molecule has 2 atom stereocenters. The number of benzene rings is 1. The summed E-state index contributed by atoms with van der Waals surface area (Å²) in [5.74, 6) is 1.72. The van der Waals surface area contributed by atoms with E-state index in [1.165, 1.54) is 6.07 Å². The fraction of sp³-hybridized carbons (Fsp3) is 0.320. The molecule has 5 heterocycles. The Morgan fingerprint density at radius 3 is 3.03 bits per heavy atom. The first-order valence-electron chi connectivity index (χ1n) is 11.7. The molecule has 34 heavy (non-hydrogen) atoms. The van der Waals surface area contributed by atoms with Crippen molar-refractivity contribution in [2.75, 3.05) is 36.9 Å². The second-order valence-electron chi connectivity index (χ2n) is 9.26. The number of nitrogens with one attached hydrogen (secondary N) is 3. The van der Waals surface area contributed by atoms with E-state index in [4.69, 9.17) is 14.7 Å². The van der Waals surface area contributed by atoms with E-state index in [1.54, 1.807) is 12.3 Å². The topological polar surface area (TPSA) is 91.0 Å². The van der Waals surface area contributed by atoms with Gasteiger partial charge in [-0.2, -0.15) is 9.97 Å². The van der Waals surface area contributed by atoms with Crippen molar-refractivity contribution < 1.29 is 9.13 Å². The smallest absolute Gasteiger partial charge is 0.324 e. The highest BCUT2D eigenvalue weighted by molar-refractivity contribution is 5.88. The van der Waals surface area contributed by atoms with Crippen molar-refractivity contribution in [3.63, 3.8) is 0 Å². The number of hydrogen-bond acceptors (Lipinski definition) is 7. The molecular weight excluding hydrogens is 433 g/mol. The Kier molecular flexibility index (Phi) is 4.29. The number of aromatic nitrogens is 4. The van der Waals surface area contributed by atoms with Gasteiger partial charge in [0.1, 0.15) is 23.0 Å². The molecule has 3 N–H and O–H groups in total. The highest BCUT2D eigenvalue weighted by Gasteiger charge is 2.39. The van der Waals surface area contributed by atoms with Crippen LogP contribution < -0.4 is 20.3 Å². The zero-order valence-electron chi connectivity index (χ0n) is 18.7. The largest absolute Gasteiger partial charge is 0.423 e. The van der Waals surface area contributed by atoms with Crippen LogP contribution in [0.2, 0.25) is 0 Å². The highest BCUT2D eigenvalue weighted by Crippen LogP contribution is 2.46. The van der Waals surface area contributed by atoms with Gasteiger partial charge in [-0.25, -0.2) is 9.37 Å². The molecule has 0 radical (unpaired) electrons. The number of fused-ring (bicyclic) bond motifs is 5. The van der Waals surface area contributed by atoms with E-state index in [0.717, 1.165) is 71.0 Å². The van der Waals surface area contributed by atoms with Gasteiger partial charge in [-0.15, -0.1) is 0 Å². The minimum absolute atomic E-state index is 0.270. The lowest BCUT2D eigenvalue weighted by Crippen LogP contribution is -2.30. The number of pyridine rings is 1. The fourth-order valence-electron chi connectivity index (χ4n) is 5.69. The molecule has 0 saturated carbocycles. The van der Waals surface area contributed by atoms with Crippen molar-refractivity contribution >= 4 is 22.5 Å². The number of ether oxygens (including phenoxy) is 1. The molecule has 0 spiro atoms. The first-order valence-corrected chi connectivity index (χ1v) is 11.7. The van der Waals surface area contributed by atoms with Gasteiger partial charge in [-0.05, 0) is 54.3 Å². The summed E-state index contributed by atoms with van der Waals surface area (Å²) in [6.45, 7) is 2.85. The number of nitrogens with zero attached hydrogens (tertiary/aromatic N) is 4. The Balaban J connectivity index is 1.34. The average Bonchev–Trinajstić information content (AvgIpc) is 3.60. The lowest BCUT2D eigenvalue weighted by atomic mass is 10.0. The Labute approximate surface area is 195 Å². The van der Waals surface area contributed by atoms with E-state index >= 15 is 0 Å². The van der Waals surface area contributed by atoms with Gasteiger partial charge < -0.3 is 25.3 Å². The minimum atomic E-state index is -0.270. The normalized spacial score (nSPS) is 20.5. The number of H-pyrrole nitrogens is 1. The predicted molar refractivity (Wildman–Crippen MR) is 128 cm³/mol. The van der Waals surface area contributed by atoms with Crippen LogP contribution in [0.1, 0.15) is 17.7 Å². The molecule has 2 fully saturated rings. The molecule has 1 aliphatic carbocycles. The summed E-state index contributed by atoms with van der Waals surface area (Å²) in [6.07, 6.45) is 5.28. The summed E-state index contributed by atoms with van der Waals surface area (Å²) in [5.41, 5.74) is 5.26. The van der Waals surface area contributed by atoms with Crippen LogP contribution in [0.4, 0.5) is 15.9 Å². The van der Waals surface area contributed by atoms with Crippen molar-refractivity contribution in [1.29, 1.82) is 0 Å². The van der Waals surface area contributed by atoms with Gasteiger partial charge in [-0.3, -0.25) is 0 Å². The van der Waals surface area contributed by atoms with Gasteiger partial charge in [0.2, 0.25) is 0 Å². The maximum absolute atomic E-state index is 14.5. The number of hydrogen-bond donors (Lipinski definition) is 3. The van der Waals surface area contributed by atoms with Crippen LogP contribution in [-0.4, -0.2) is 52.7 Å². The van der Waals surface area contributed by atoms with E-state index in [9.17, 15) is 4.39 Å². The van der Waals surface area contributed by atoms with Crippen molar-refractivity contribution in [3.05, 3.63) is 53.7 Å².